The van der Waals surface area contributed by atoms with Crippen LogP contribution >= 0.6 is 11.8 Å². The third-order valence-electron chi connectivity index (χ3n) is 4.89. The SMILES string of the molecule is CN=C(NCCCNC(=O)OC(C)(C)C)NCC1(N2CCOCC2)CCSC1. The lowest BCUT2D eigenvalue weighted by Gasteiger charge is -2.43. The second kappa shape index (κ2) is 11.1. The molecule has 8 nitrogen and oxygen atoms in total. The molecule has 0 spiro atoms. The number of amides is 1. The highest BCUT2D eigenvalue weighted by Crippen LogP contribution is 2.33. The molecule has 1 amide bonds. The van der Waals surface area contributed by atoms with Crippen molar-refractivity contribution in [1.29, 1.82) is 0 Å². The Kier molecular flexibility index (Phi) is 9.17. The van der Waals surface area contributed by atoms with Crippen LogP contribution in [-0.4, -0.2) is 92.6 Å². The van der Waals surface area contributed by atoms with E-state index in [9.17, 15) is 4.79 Å². The van der Waals surface area contributed by atoms with E-state index in [1.165, 1.54) is 12.2 Å². The number of morpholine rings is 1. The Morgan fingerprint density at radius 3 is 2.54 bits per heavy atom. The molecule has 2 heterocycles. The van der Waals surface area contributed by atoms with E-state index in [1.807, 2.05) is 32.5 Å². The molecule has 2 rings (SSSR count). The molecule has 1 atom stereocenters. The molecule has 0 bridgehead atoms. The number of ether oxygens (including phenoxy) is 2. The summed E-state index contributed by atoms with van der Waals surface area (Å²) >= 11 is 2.03. The molecule has 0 saturated carbocycles. The lowest BCUT2D eigenvalue weighted by atomic mass is 9.95. The van der Waals surface area contributed by atoms with Gasteiger partial charge in [-0.25, -0.2) is 4.79 Å². The number of guanidine groups is 1. The van der Waals surface area contributed by atoms with Gasteiger partial charge < -0.3 is 25.4 Å². The Morgan fingerprint density at radius 2 is 1.93 bits per heavy atom. The van der Waals surface area contributed by atoms with Crippen molar-refractivity contribution in [1.82, 2.24) is 20.9 Å². The van der Waals surface area contributed by atoms with Crippen LogP contribution < -0.4 is 16.0 Å². The zero-order chi connectivity index (χ0) is 20.5. The number of hydrogen-bond acceptors (Lipinski definition) is 6. The Labute approximate surface area is 173 Å². The summed E-state index contributed by atoms with van der Waals surface area (Å²) in [6.07, 6.45) is 1.62. The van der Waals surface area contributed by atoms with Crippen molar-refractivity contribution in [2.45, 2.75) is 44.8 Å². The number of alkyl carbamates (subject to hydrolysis) is 1. The van der Waals surface area contributed by atoms with E-state index < -0.39 is 5.60 Å². The number of rotatable bonds is 7. The molecule has 3 N–H and O–H groups in total. The number of hydrogen-bond donors (Lipinski definition) is 3. The van der Waals surface area contributed by atoms with Gasteiger partial charge in [-0.3, -0.25) is 9.89 Å². The monoisotopic (exact) mass is 415 g/mol. The lowest BCUT2D eigenvalue weighted by molar-refractivity contribution is -0.0120. The smallest absolute Gasteiger partial charge is 0.407 e. The predicted molar refractivity (Wildman–Crippen MR) is 115 cm³/mol. The highest BCUT2D eigenvalue weighted by Gasteiger charge is 2.40. The highest BCUT2D eigenvalue weighted by atomic mass is 32.2. The lowest BCUT2D eigenvalue weighted by Crippen LogP contribution is -2.60. The molecule has 162 valence electrons. The van der Waals surface area contributed by atoms with E-state index in [2.05, 4.69) is 25.8 Å². The summed E-state index contributed by atoms with van der Waals surface area (Å²) in [5.41, 5.74) is -0.284. The van der Waals surface area contributed by atoms with E-state index in [-0.39, 0.29) is 11.6 Å². The van der Waals surface area contributed by atoms with Gasteiger partial charge in [0.15, 0.2) is 5.96 Å². The van der Waals surface area contributed by atoms with Crippen molar-refractivity contribution >= 4 is 23.8 Å². The molecular weight excluding hydrogens is 378 g/mol. The largest absolute Gasteiger partial charge is 0.444 e. The molecule has 2 fully saturated rings. The first-order valence-electron chi connectivity index (χ1n) is 10.2. The van der Waals surface area contributed by atoms with Crippen LogP contribution in [0.2, 0.25) is 0 Å². The summed E-state index contributed by atoms with van der Waals surface area (Å²) in [4.78, 5) is 18.6. The third-order valence-corrected chi connectivity index (χ3v) is 6.12. The van der Waals surface area contributed by atoms with Crippen molar-refractivity contribution < 1.29 is 14.3 Å². The number of thioether (sulfide) groups is 1. The molecular formula is C19H37N5O3S. The predicted octanol–water partition coefficient (Wildman–Crippen LogP) is 1.27. The Morgan fingerprint density at radius 1 is 1.21 bits per heavy atom. The Bertz CT molecular complexity index is 512. The average Bonchev–Trinajstić information content (AvgIpc) is 3.13. The van der Waals surface area contributed by atoms with Gasteiger partial charge in [-0.15, -0.1) is 0 Å². The van der Waals surface area contributed by atoms with Crippen molar-refractivity contribution in [3.05, 3.63) is 0 Å². The molecule has 0 aromatic rings. The summed E-state index contributed by atoms with van der Waals surface area (Å²) in [6.45, 7) is 11.4. The molecule has 9 heteroatoms. The molecule has 2 aliphatic heterocycles. The Balaban J connectivity index is 1.68. The van der Waals surface area contributed by atoms with Crippen LogP contribution in [-0.2, 0) is 9.47 Å². The fraction of sp³-hybridized carbons (Fsp3) is 0.895. The molecule has 2 aliphatic rings. The molecule has 28 heavy (non-hydrogen) atoms. The number of nitrogens with zero attached hydrogens (tertiary/aromatic N) is 2. The van der Waals surface area contributed by atoms with Crippen molar-refractivity contribution in [2.75, 3.05) is 64.5 Å². The van der Waals surface area contributed by atoms with Crippen LogP contribution in [0.1, 0.15) is 33.6 Å². The van der Waals surface area contributed by atoms with Gasteiger partial charge in [0.25, 0.3) is 0 Å². The first-order valence-corrected chi connectivity index (χ1v) is 11.3. The van der Waals surface area contributed by atoms with Crippen LogP contribution in [0.25, 0.3) is 0 Å². The van der Waals surface area contributed by atoms with Gasteiger partial charge in [-0.05, 0) is 39.4 Å². The summed E-state index contributed by atoms with van der Waals surface area (Å²) in [5.74, 6) is 3.17. The van der Waals surface area contributed by atoms with Crippen molar-refractivity contribution in [3.63, 3.8) is 0 Å². The first kappa shape index (κ1) is 23.1. The molecule has 0 aliphatic carbocycles. The first-order chi connectivity index (χ1) is 13.3. The van der Waals surface area contributed by atoms with E-state index in [0.717, 1.165) is 57.5 Å². The topological polar surface area (TPSA) is 87.2 Å². The van der Waals surface area contributed by atoms with E-state index in [4.69, 9.17) is 9.47 Å². The van der Waals surface area contributed by atoms with Gasteiger partial charge >= 0.3 is 6.09 Å². The van der Waals surface area contributed by atoms with Crippen LogP contribution in [0.4, 0.5) is 4.79 Å². The van der Waals surface area contributed by atoms with Gasteiger partial charge in [0, 0.05) is 51.1 Å². The van der Waals surface area contributed by atoms with Crippen molar-refractivity contribution in [2.24, 2.45) is 4.99 Å². The van der Waals surface area contributed by atoms with Crippen LogP contribution in [0.5, 0.6) is 0 Å². The average molecular weight is 416 g/mol. The minimum atomic E-state index is -0.469. The molecule has 0 radical (unpaired) electrons. The molecule has 0 aromatic carbocycles. The summed E-state index contributed by atoms with van der Waals surface area (Å²) in [5, 5.41) is 9.62. The minimum absolute atomic E-state index is 0.185. The highest BCUT2D eigenvalue weighted by molar-refractivity contribution is 7.99. The van der Waals surface area contributed by atoms with Gasteiger partial charge in [-0.2, -0.15) is 11.8 Å². The quantitative estimate of drug-likeness (QED) is 0.328. The Hall–Kier alpha value is -1.19. The fourth-order valence-electron chi connectivity index (χ4n) is 3.40. The molecule has 2 saturated heterocycles. The van der Waals surface area contributed by atoms with Gasteiger partial charge in [0.05, 0.1) is 13.2 Å². The number of aliphatic imine (C=N–C) groups is 1. The summed E-state index contributed by atoms with van der Waals surface area (Å²) in [7, 11) is 1.79. The normalized spacial score (nSPS) is 24.1. The summed E-state index contributed by atoms with van der Waals surface area (Å²) < 4.78 is 10.8. The van der Waals surface area contributed by atoms with Crippen LogP contribution in [0, 0.1) is 0 Å². The van der Waals surface area contributed by atoms with Gasteiger partial charge in [0.2, 0.25) is 0 Å². The van der Waals surface area contributed by atoms with E-state index in [0.29, 0.717) is 6.54 Å². The van der Waals surface area contributed by atoms with Gasteiger partial charge in [-0.1, -0.05) is 0 Å². The van der Waals surface area contributed by atoms with Crippen LogP contribution in [0.3, 0.4) is 0 Å². The maximum absolute atomic E-state index is 11.6. The number of carbonyl (C=O) groups is 1. The van der Waals surface area contributed by atoms with E-state index >= 15 is 0 Å². The standard InChI is InChI=1S/C19H37N5O3S/c1-18(2,3)27-17(25)22-8-5-7-21-16(20-4)23-14-19(6-13-28-15-19)24-9-11-26-12-10-24/h5-15H2,1-4H3,(H,22,25)(H2,20,21,23). The number of nitrogens with one attached hydrogen (secondary N) is 3. The zero-order valence-electron chi connectivity index (χ0n) is 17.8. The van der Waals surface area contributed by atoms with E-state index in [1.54, 1.807) is 7.05 Å². The third kappa shape index (κ3) is 7.67. The van der Waals surface area contributed by atoms with Crippen molar-refractivity contribution in [3.8, 4) is 0 Å². The number of carbonyl (C=O) groups excluding carboxylic acids is 1. The second-order valence-corrected chi connectivity index (χ2v) is 9.37. The second-order valence-electron chi connectivity index (χ2n) is 8.26. The minimum Gasteiger partial charge on any atom is -0.444 e. The molecule has 0 aromatic heterocycles. The van der Waals surface area contributed by atoms with Gasteiger partial charge in [0.1, 0.15) is 5.60 Å². The maximum atomic E-state index is 11.6. The zero-order valence-corrected chi connectivity index (χ0v) is 18.6. The van der Waals surface area contributed by atoms with Crippen LogP contribution in [0.15, 0.2) is 4.99 Å². The summed E-state index contributed by atoms with van der Waals surface area (Å²) in [6, 6.07) is 0. The maximum Gasteiger partial charge on any atom is 0.407 e. The molecule has 1 unspecified atom stereocenters. The fourth-order valence-corrected chi connectivity index (χ4v) is 4.88.